The first kappa shape index (κ1) is 16.8. The molecule has 2 aromatic heterocycles. The maximum atomic E-state index is 6.22. The molecule has 2 aromatic carbocycles. The third-order valence-corrected chi connectivity index (χ3v) is 5.18. The molecule has 0 unspecified atom stereocenters. The van der Waals surface area contributed by atoms with Crippen molar-refractivity contribution in [3.63, 3.8) is 0 Å². The summed E-state index contributed by atoms with van der Waals surface area (Å²) in [5.74, 6) is 2.32. The van der Waals surface area contributed by atoms with Crippen LogP contribution in [-0.4, -0.2) is 37.9 Å². The molecule has 0 aliphatic heterocycles. The van der Waals surface area contributed by atoms with Crippen molar-refractivity contribution in [2.45, 2.75) is 31.8 Å². The zero-order valence-electron chi connectivity index (χ0n) is 15.6. The molecule has 0 atom stereocenters. The largest absolute Gasteiger partial charge is 0.493 e. The fourth-order valence-electron chi connectivity index (χ4n) is 3.72. The van der Waals surface area contributed by atoms with Gasteiger partial charge in [0.1, 0.15) is 18.5 Å². The predicted octanol–water partition coefficient (Wildman–Crippen LogP) is 4.14. The lowest BCUT2D eigenvalue weighted by atomic mass is 10.2. The topological polar surface area (TPSA) is 77.9 Å². The van der Waals surface area contributed by atoms with Crippen LogP contribution in [0.25, 0.3) is 28.1 Å². The first-order valence-corrected chi connectivity index (χ1v) is 9.50. The predicted molar refractivity (Wildman–Crippen MR) is 106 cm³/mol. The number of hydrogen-bond acceptors (Lipinski definition) is 5. The van der Waals surface area contributed by atoms with E-state index in [0.29, 0.717) is 0 Å². The van der Waals surface area contributed by atoms with Gasteiger partial charge in [-0.15, -0.1) is 0 Å². The molecule has 0 radical (unpaired) electrons. The molecule has 0 bridgehead atoms. The van der Waals surface area contributed by atoms with Crippen molar-refractivity contribution in [3.8, 4) is 28.6 Å². The van der Waals surface area contributed by atoms with E-state index in [2.05, 4.69) is 15.1 Å². The van der Waals surface area contributed by atoms with E-state index in [1.54, 1.807) is 18.1 Å². The monoisotopic (exact) mass is 375 g/mol. The Morgan fingerprint density at radius 3 is 2.75 bits per heavy atom. The highest BCUT2D eigenvalue weighted by molar-refractivity contribution is 5.81. The van der Waals surface area contributed by atoms with E-state index < -0.39 is 0 Å². The van der Waals surface area contributed by atoms with Gasteiger partial charge in [0.2, 0.25) is 0 Å². The molecule has 1 N–H and O–H groups in total. The summed E-state index contributed by atoms with van der Waals surface area (Å²) >= 11 is 0. The molecule has 2 heterocycles. The van der Waals surface area contributed by atoms with E-state index in [9.17, 15) is 0 Å². The lowest BCUT2D eigenvalue weighted by molar-refractivity contribution is 0.201. The van der Waals surface area contributed by atoms with E-state index >= 15 is 0 Å². The maximum Gasteiger partial charge on any atom is 0.162 e. The summed E-state index contributed by atoms with van der Waals surface area (Å²) in [5.41, 5.74) is 3.72. The smallest absolute Gasteiger partial charge is 0.162 e. The molecule has 0 spiro atoms. The minimum atomic E-state index is 0.269. The van der Waals surface area contributed by atoms with Crippen molar-refractivity contribution in [3.05, 3.63) is 49.1 Å². The van der Waals surface area contributed by atoms with Crippen LogP contribution in [-0.2, 0) is 0 Å². The standard InChI is InChI=1S/C21H21N5O2/c1-27-19-9-6-14(10-20(19)28-16-4-2-3-5-16)21-24-17-8-7-15(11-18(17)25-21)26-13-22-12-23-26/h6-13,16H,2-5H2,1H3,(H,24,25). The molecule has 0 saturated heterocycles. The van der Waals surface area contributed by atoms with Crippen molar-refractivity contribution in [2.24, 2.45) is 0 Å². The number of methoxy groups -OCH3 is 1. The SMILES string of the molecule is COc1ccc(-c2nc3cc(-n4cncn4)ccc3[nH]2)cc1OC1CCCC1. The number of hydrogen-bond donors (Lipinski definition) is 1. The van der Waals surface area contributed by atoms with Gasteiger partial charge in [-0.05, 0) is 62.1 Å². The van der Waals surface area contributed by atoms with Crippen LogP contribution in [0.15, 0.2) is 49.1 Å². The van der Waals surface area contributed by atoms with Crippen LogP contribution >= 0.6 is 0 Å². The van der Waals surface area contributed by atoms with Gasteiger partial charge in [-0.3, -0.25) is 0 Å². The van der Waals surface area contributed by atoms with Gasteiger partial charge in [-0.2, -0.15) is 5.10 Å². The molecule has 4 aromatic rings. The average molecular weight is 375 g/mol. The molecule has 28 heavy (non-hydrogen) atoms. The Morgan fingerprint density at radius 1 is 1.07 bits per heavy atom. The first-order valence-electron chi connectivity index (χ1n) is 9.50. The summed E-state index contributed by atoms with van der Waals surface area (Å²) in [7, 11) is 1.67. The highest BCUT2D eigenvalue weighted by atomic mass is 16.5. The summed E-state index contributed by atoms with van der Waals surface area (Å²) in [6.45, 7) is 0. The number of imidazole rings is 1. The lowest BCUT2D eigenvalue weighted by Gasteiger charge is -2.16. The number of benzene rings is 2. The van der Waals surface area contributed by atoms with Crippen molar-refractivity contribution < 1.29 is 9.47 Å². The average Bonchev–Trinajstić information content (AvgIpc) is 3.48. The molecular formula is C21H21N5O2. The van der Waals surface area contributed by atoms with Crippen LogP contribution in [0.3, 0.4) is 0 Å². The summed E-state index contributed by atoms with van der Waals surface area (Å²) in [5, 5.41) is 4.17. The van der Waals surface area contributed by atoms with Crippen molar-refractivity contribution in [1.29, 1.82) is 0 Å². The van der Waals surface area contributed by atoms with Gasteiger partial charge in [0.15, 0.2) is 11.5 Å². The summed E-state index contributed by atoms with van der Waals surface area (Å²) in [4.78, 5) is 12.2. The fraction of sp³-hybridized carbons (Fsp3) is 0.286. The van der Waals surface area contributed by atoms with Crippen LogP contribution in [0.1, 0.15) is 25.7 Å². The summed E-state index contributed by atoms with van der Waals surface area (Å²) in [6.07, 6.45) is 8.11. The second-order valence-corrected chi connectivity index (χ2v) is 7.02. The van der Waals surface area contributed by atoms with Crippen LogP contribution < -0.4 is 9.47 Å². The van der Waals surface area contributed by atoms with E-state index in [4.69, 9.17) is 14.5 Å². The Hall–Kier alpha value is -3.35. The molecule has 7 nitrogen and oxygen atoms in total. The molecule has 0 amide bonds. The fourth-order valence-corrected chi connectivity index (χ4v) is 3.72. The molecule has 1 aliphatic carbocycles. The highest BCUT2D eigenvalue weighted by Crippen LogP contribution is 2.35. The van der Waals surface area contributed by atoms with Crippen molar-refractivity contribution in [1.82, 2.24) is 24.7 Å². The Bertz CT molecular complexity index is 1100. The van der Waals surface area contributed by atoms with E-state index in [0.717, 1.165) is 52.4 Å². The third-order valence-electron chi connectivity index (χ3n) is 5.18. The number of rotatable bonds is 5. The number of aromatic nitrogens is 5. The summed E-state index contributed by atoms with van der Waals surface area (Å²) in [6, 6.07) is 11.9. The van der Waals surface area contributed by atoms with Gasteiger partial charge in [0.25, 0.3) is 0 Å². The van der Waals surface area contributed by atoms with Crippen LogP contribution in [0.2, 0.25) is 0 Å². The van der Waals surface area contributed by atoms with E-state index in [1.807, 2.05) is 36.4 Å². The van der Waals surface area contributed by atoms with E-state index in [-0.39, 0.29) is 6.10 Å². The van der Waals surface area contributed by atoms with Gasteiger partial charge >= 0.3 is 0 Å². The summed E-state index contributed by atoms with van der Waals surface area (Å²) < 4.78 is 13.4. The van der Waals surface area contributed by atoms with E-state index in [1.165, 1.54) is 19.2 Å². The minimum absolute atomic E-state index is 0.269. The van der Waals surface area contributed by atoms with Gasteiger partial charge in [-0.1, -0.05) is 0 Å². The quantitative estimate of drug-likeness (QED) is 0.567. The number of fused-ring (bicyclic) bond motifs is 1. The lowest BCUT2D eigenvalue weighted by Crippen LogP contribution is -2.11. The molecule has 5 rings (SSSR count). The molecule has 1 saturated carbocycles. The third kappa shape index (κ3) is 3.09. The first-order chi connectivity index (χ1) is 13.8. The molecule has 1 fully saturated rings. The van der Waals surface area contributed by atoms with Gasteiger partial charge in [0, 0.05) is 5.56 Å². The zero-order chi connectivity index (χ0) is 18.9. The number of ether oxygens (including phenoxy) is 2. The Morgan fingerprint density at radius 2 is 1.96 bits per heavy atom. The van der Waals surface area contributed by atoms with Crippen molar-refractivity contribution >= 4 is 11.0 Å². The van der Waals surface area contributed by atoms with Gasteiger partial charge in [-0.25, -0.2) is 14.6 Å². The second kappa shape index (κ2) is 6.99. The maximum absolute atomic E-state index is 6.22. The Balaban J connectivity index is 1.50. The van der Waals surface area contributed by atoms with Crippen molar-refractivity contribution in [2.75, 3.05) is 7.11 Å². The van der Waals surface area contributed by atoms with Crippen LogP contribution in [0.4, 0.5) is 0 Å². The minimum Gasteiger partial charge on any atom is -0.493 e. The molecule has 142 valence electrons. The van der Waals surface area contributed by atoms with Gasteiger partial charge in [0.05, 0.1) is 29.9 Å². The number of nitrogens with one attached hydrogen (secondary N) is 1. The molecular weight excluding hydrogens is 354 g/mol. The second-order valence-electron chi connectivity index (χ2n) is 7.02. The normalized spacial score (nSPS) is 14.6. The van der Waals surface area contributed by atoms with Crippen LogP contribution in [0, 0.1) is 0 Å². The van der Waals surface area contributed by atoms with Gasteiger partial charge < -0.3 is 14.5 Å². The highest BCUT2D eigenvalue weighted by Gasteiger charge is 2.19. The Kier molecular flexibility index (Phi) is 4.20. The van der Waals surface area contributed by atoms with Crippen LogP contribution in [0.5, 0.6) is 11.5 Å². The number of aromatic amines is 1. The Labute approximate surface area is 162 Å². The number of nitrogens with zero attached hydrogens (tertiary/aromatic N) is 4. The molecule has 7 heteroatoms. The molecule has 1 aliphatic rings. The zero-order valence-corrected chi connectivity index (χ0v) is 15.6. The number of H-pyrrole nitrogens is 1.